The summed E-state index contributed by atoms with van der Waals surface area (Å²) in [7, 11) is 0. The van der Waals surface area contributed by atoms with Gasteiger partial charge in [-0.05, 0) is 13.8 Å². The molecular formula is C7H16ClNO3. The number of esters is 1. The lowest BCUT2D eigenvalue weighted by molar-refractivity contribution is -0.146. The molecule has 1 atom stereocenters. The summed E-state index contributed by atoms with van der Waals surface area (Å²) >= 11 is 0. The van der Waals surface area contributed by atoms with E-state index in [0.29, 0.717) is 13.2 Å². The van der Waals surface area contributed by atoms with E-state index in [0.717, 1.165) is 0 Å². The van der Waals surface area contributed by atoms with Crippen molar-refractivity contribution in [2.24, 2.45) is 5.73 Å². The lowest BCUT2D eigenvalue weighted by Gasteiger charge is -2.09. The highest BCUT2D eigenvalue weighted by Crippen LogP contribution is 1.86. The normalized spacial score (nSPS) is 11.6. The zero-order chi connectivity index (χ0) is 8.69. The van der Waals surface area contributed by atoms with E-state index in [-0.39, 0.29) is 19.0 Å². The fraction of sp³-hybridized carbons (Fsp3) is 0.857. The number of carbonyl (C=O) groups is 1. The van der Waals surface area contributed by atoms with Gasteiger partial charge in [0, 0.05) is 6.61 Å². The molecule has 2 N–H and O–H groups in total. The number of nitrogens with two attached hydrogens (primary N) is 1. The zero-order valence-corrected chi connectivity index (χ0v) is 8.23. The third-order valence-corrected chi connectivity index (χ3v) is 1.09. The monoisotopic (exact) mass is 197 g/mol. The van der Waals surface area contributed by atoms with Gasteiger partial charge in [0.25, 0.3) is 0 Å². The molecule has 0 radical (unpaired) electrons. The van der Waals surface area contributed by atoms with Crippen molar-refractivity contribution in [3.05, 3.63) is 0 Å². The summed E-state index contributed by atoms with van der Waals surface area (Å²) in [5, 5.41) is 0. The fourth-order valence-electron chi connectivity index (χ4n) is 0.562. The molecule has 0 aliphatic heterocycles. The van der Waals surface area contributed by atoms with Gasteiger partial charge in [-0.3, -0.25) is 4.79 Å². The average Bonchev–Trinajstić information content (AvgIpc) is 2.00. The van der Waals surface area contributed by atoms with Crippen molar-refractivity contribution in [2.75, 3.05) is 19.8 Å². The second-order valence-electron chi connectivity index (χ2n) is 2.02. The number of hydrogen-bond acceptors (Lipinski definition) is 4. The van der Waals surface area contributed by atoms with E-state index in [1.807, 2.05) is 6.92 Å². The van der Waals surface area contributed by atoms with Crippen LogP contribution in [0.2, 0.25) is 0 Å². The third kappa shape index (κ3) is 6.39. The number of ether oxygens (including phenoxy) is 2. The molecule has 0 spiro atoms. The van der Waals surface area contributed by atoms with E-state index in [9.17, 15) is 4.79 Å². The number of hydrogen-bond donors (Lipinski definition) is 1. The van der Waals surface area contributed by atoms with Gasteiger partial charge in [0.05, 0.1) is 13.2 Å². The van der Waals surface area contributed by atoms with Crippen LogP contribution in [0.4, 0.5) is 0 Å². The van der Waals surface area contributed by atoms with E-state index < -0.39 is 12.0 Å². The molecule has 0 fully saturated rings. The minimum Gasteiger partial charge on any atom is -0.465 e. The topological polar surface area (TPSA) is 61.5 Å². The molecule has 0 heterocycles. The van der Waals surface area contributed by atoms with Crippen LogP contribution in [0.5, 0.6) is 0 Å². The van der Waals surface area contributed by atoms with Crippen LogP contribution >= 0.6 is 12.4 Å². The van der Waals surface area contributed by atoms with Gasteiger partial charge in [0.15, 0.2) is 0 Å². The van der Waals surface area contributed by atoms with E-state index in [1.165, 1.54) is 0 Å². The minimum atomic E-state index is -0.644. The average molecular weight is 198 g/mol. The summed E-state index contributed by atoms with van der Waals surface area (Å²) in [4.78, 5) is 10.8. The van der Waals surface area contributed by atoms with Gasteiger partial charge in [-0.15, -0.1) is 12.4 Å². The summed E-state index contributed by atoms with van der Waals surface area (Å²) in [6.07, 6.45) is 0. The first kappa shape index (κ1) is 14.2. The van der Waals surface area contributed by atoms with Gasteiger partial charge in [0.2, 0.25) is 0 Å². The van der Waals surface area contributed by atoms with Gasteiger partial charge >= 0.3 is 5.97 Å². The maximum atomic E-state index is 10.8. The molecule has 0 saturated carbocycles. The smallest absolute Gasteiger partial charge is 0.325 e. The highest BCUT2D eigenvalue weighted by molar-refractivity contribution is 5.85. The van der Waals surface area contributed by atoms with Crippen LogP contribution < -0.4 is 5.73 Å². The maximum Gasteiger partial charge on any atom is 0.325 e. The highest BCUT2D eigenvalue weighted by atomic mass is 35.5. The predicted molar refractivity (Wildman–Crippen MR) is 48.3 cm³/mol. The summed E-state index contributed by atoms with van der Waals surface area (Å²) in [6, 6.07) is -0.644. The molecule has 0 aromatic rings. The van der Waals surface area contributed by atoms with E-state index >= 15 is 0 Å². The fourth-order valence-corrected chi connectivity index (χ4v) is 0.562. The lowest BCUT2D eigenvalue weighted by Crippen LogP contribution is -2.36. The van der Waals surface area contributed by atoms with Crippen LogP contribution in [0.3, 0.4) is 0 Å². The van der Waals surface area contributed by atoms with Crippen LogP contribution in [0, 0.1) is 0 Å². The Bertz CT molecular complexity index is 121. The van der Waals surface area contributed by atoms with Gasteiger partial charge in [0.1, 0.15) is 6.04 Å². The molecule has 0 aliphatic carbocycles. The van der Waals surface area contributed by atoms with Gasteiger partial charge < -0.3 is 15.2 Å². The number of rotatable bonds is 5. The predicted octanol–water partition coefficient (Wildman–Crippen LogP) is 0.335. The Labute approximate surface area is 78.8 Å². The standard InChI is InChI=1S/C7H15NO3.ClH/c1-3-10-5-6(8)7(9)11-4-2;/h6H,3-5,8H2,1-2H3;1H. The second-order valence-corrected chi connectivity index (χ2v) is 2.02. The van der Waals surface area contributed by atoms with Crippen LogP contribution in [-0.4, -0.2) is 31.8 Å². The van der Waals surface area contributed by atoms with Crippen molar-refractivity contribution in [3.63, 3.8) is 0 Å². The van der Waals surface area contributed by atoms with Gasteiger partial charge in [-0.2, -0.15) is 0 Å². The quantitative estimate of drug-likeness (QED) is 0.646. The van der Waals surface area contributed by atoms with Gasteiger partial charge in [-0.25, -0.2) is 0 Å². The molecular weight excluding hydrogens is 182 g/mol. The van der Waals surface area contributed by atoms with Crippen LogP contribution in [0.25, 0.3) is 0 Å². The summed E-state index contributed by atoms with van der Waals surface area (Å²) in [5.74, 6) is -0.402. The van der Waals surface area contributed by atoms with Crippen molar-refractivity contribution >= 4 is 18.4 Å². The Hall–Kier alpha value is -0.320. The van der Waals surface area contributed by atoms with Crippen molar-refractivity contribution in [1.82, 2.24) is 0 Å². The lowest BCUT2D eigenvalue weighted by atomic mass is 10.3. The Morgan fingerprint density at radius 2 is 2.00 bits per heavy atom. The van der Waals surface area contributed by atoms with Crippen LogP contribution in [0.15, 0.2) is 0 Å². The molecule has 0 rings (SSSR count). The summed E-state index contributed by atoms with van der Waals surface area (Å²) < 4.78 is 9.59. The van der Waals surface area contributed by atoms with E-state index in [2.05, 4.69) is 4.74 Å². The van der Waals surface area contributed by atoms with Crippen molar-refractivity contribution in [2.45, 2.75) is 19.9 Å². The zero-order valence-electron chi connectivity index (χ0n) is 7.41. The second kappa shape index (κ2) is 8.77. The van der Waals surface area contributed by atoms with Crippen molar-refractivity contribution < 1.29 is 14.3 Å². The Morgan fingerprint density at radius 3 is 2.42 bits per heavy atom. The van der Waals surface area contributed by atoms with Gasteiger partial charge in [-0.1, -0.05) is 0 Å². The summed E-state index contributed by atoms with van der Waals surface area (Å²) in [6.45, 7) is 4.74. The first-order chi connectivity index (χ1) is 5.22. The molecule has 0 aromatic carbocycles. The third-order valence-electron chi connectivity index (χ3n) is 1.09. The first-order valence-electron chi connectivity index (χ1n) is 3.72. The first-order valence-corrected chi connectivity index (χ1v) is 3.72. The number of halogens is 1. The molecule has 0 bridgehead atoms. The van der Waals surface area contributed by atoms with E-state index in [4.69, 9.17) is 10.5 Å². The van der Waals surface area contributed by atoms with E-state index in [1.54, 1.807) is 6.92 Å². The van der Waals surface area contributed by atoms with Crippen LogP contribution in [0.1, 0.15) is 13.8 Å². The largest absolute Gasteiger partial charge is 0.465 e. The van der Waals surface area contributed by atoms with Crippen LogP contribution in [-0.2, 0) is 14.3 Å². The highest BCUT2D eigenvalue weighted by Gasteiger charge is 2.13. The number of carbonyl (C=O) groups excluding carboxylic acids is 1. The molecule has 0 amide bonds. The maximum absolute atomic E-state index is 10.8. The molecule has 1 unspecified atom stereocenters. The Morgan fingerprint density at radius 1 is 1.42 bits per heavy atom. The van der Waals surface area contributed by atoms with Crippen molar-refractivity contribution in [3.8, 4) is 0 Å². The molecule has 12 heavy (non-hydrogen) atoms. The molecule has 0 saturated heterocycles. The molecule has 0 aromatic heterocycles. The Balaban J connectivity index is 0. The molecule has 4 nitrogen and oxygen atoms in total. The molecule has 74 valence electrons. The summed E-state index contributed by atoms with van der Waals surface area (Å²) in [5.41, 5.74) is 5.39. The molecule has 5 heteroatoms. The minimum absolute atomic E-state index is 0. The molecule has 0 aliphatic rings. The Kier molecular flexibility index (Phi) is 10.4. The SMILES string of the molecule is CCOCC(N)C(=O)OCC.Cl. The van der Waals surface area contributed by atoms with Crippen molar-refractivity contribution in [1.29, 1.82) is 0 Å².